The number of carbonyl (C=O) groups is 1. The SMILES string of the molecule is O=C1COC2(CCN(S(=O)(=O)c3ccc(-c4ccc5cc[nH]c5c4)c(Cl)c3)CC2)CN1C1CC1. The number of carbonyl (C=O) groups excluding carboxylic acids is 1. The van der Waals surface area contributed by atoms with Gasteiger partial charge in [-0.15, -0.1) is 0 Å². The predicted octanol–water partition coefficient (Wildman–Crippen LogP) is 4.03. The zero-order chi connectivity index (χ0) is 23.5. The number of halogens is 1. The molecule has 1 amide bonds. The van der Waals surface area contributed by atoms with E-state index >= 15 is 0 Å². The largest absolute Gasteiger partial charge is 0.363 e. The molecule has 0 unspecified atom stereocenters. The van der Waals surface area contributed by atoms with Crippen LogP contribution in [0.3, 0.4) is 0 Å². The molecule has 1 aromatic heterocycles. The van der Waals surface area contributed by atoms with Gasteiger partial charge in [-0.2, -0.15) is 4.31 Å². The van der Waals surface area contributed by atoms with Crippen molar-refractivity contribution >= 4 is 38.4 Å². The minimum absolute atomic E-state index is 0.0494. The summed E-state index contributed by atoms with van der Waals surface area (Å²) in [6.07, 6.45) is 5.14. The number of aromatic nitrogens is 1. The number of nitrogens with zero attached hydrogens (tertiary/aromatic N) is 2. The standard InChI is InChI=1S/C25H26ClN3O4S/c26-22-14-20(5-6-21(22)18-2-1-17-7-10-27-23(17)13-18)34(31,32)28-11-8-25(9-12-28)16-29(19-3-4-19)24(30)15-33-25/h1-2,5-7,10,13-14,19,27H,3-4,8-9,11-12,15-16H2. The maximum atomic E-state index is 13.4. The molecule has 3 aliphatic rings. The average molecular weight is 500 g/mol. The van der Waals surface area contributed by atoms with Crippen molar-refractivity contribution in [1.82, 2.24) is 14.2 Å². The lowest BCUT2D eigenvalue weighted by molar-refractivity contribution is -0.170. The molecule has 178 valence electrons. The molecular weight excluding hydrogens is 474 g/mol. The number of ether oxygens (including phenoxy) is 1. The van der Waals surface area contributed by atoms with E-state index in [1.54, 1.807) is 18.2 Å². The fraction of sp³-hybridized carbons (Fsp3) is 0.400. The van der Waals surface area contributed by atoms with E-state index in [0.717, 1.165) is 34.9 Å². The van der Waals surface area contributed by atoms with Crippen LogP contribution in [0, 0.1) is 0 Å². The Balaban J connectivity index is 1.19. The molecule has 1 spiro atoms. The molecule has 2 aliphatic heterocycles. The molecule has 1 aliphatic carbocycles. The number of hydrogen-bond acceptors (Lipinski definition) is 4. The second-order valence-corrected chi connectivity index (χ2v) is 11.9. The van der Waals surface area contributed by atoms with E-state index in [1.807, 2.05) is 35.4 Å². The van der Waals surface area contributed by atoms with Crippen molar-refractivity contribution in [3.63, 3.8) is 0 Å². The van der Waals surface area contributed by atoms with Crippen molar-refractivity contribution < 1.29 is 17.9 Å². The number of fused-ring (bicyclic) bond motifs is 1. The number of benzene rings is 2. The van der Waals surface area contributed by atoms with Crippen molar-refractivity contribution in [2.24, 2.45) is 0 Å². The first-order valence-corrected chi connectivity index (χ1v) is 13.5. The molecule has 6 rings (SSSR count). The van der Waals surface area contributed by atoms with E-state index < -0.39 is 15.6 Å². The smallest absolute Gasteiger partial charge is 0.248 e. The van der Waals surface area contributed by atoms with Crippen molar-refractivity contribution in [3.8, 4) is 11.1 Å². The summed E-state index contributed by atoms with van der Waals surface area (Å²) in [5.41, 5.74) is 2.27. The summed E-state index contributed by atoms with van der Waals surface area (Å²) < 4.78 is 34.3. The first-order chi connectivity index (χ1) is 16.3. The highest BCUT2D eigenvalue weighted by molar-refractivity contribution is 7.89. The van der Waals surface area contributed by atoms with Crippen molar-refractivity contribution in [2.45, 2.75) is 42.2 Å². The second-order valence-electron chi connectivity index (χ2n) is 9.55. The van der Waals surface area contributed by atoms with Crippen LogP contribution in [0.25, 0.3) is 22.0 Å². The fourth-order valence-corrected chi connectivity index (χ4v) is 6.97. The highest BCUT2D eigenvalue weighted by Crippen LogP contribution is 2.38. The van der Waals surface area contributed by atoms with E-state index in [2.05, 4.69) is 4.98 Å². The molecule has 0 bridgehead atoms. The summed E-state index contributed by atoms with van der Waals surface area (Å²) >= 11 is 6.57. The molecule has 0 atom stereocenters. The number of sulfonamides is 1. The van der Waals surface area contributed by atoms with Crippen LogP contribution >= 0.6 is 11.6 Å². The lowest BCUT2D eigenvalue weighted by Crippen LogP contribution is -2.59. The van der Waals surface area contributed by atoms with Gasteiger partial charge in [0, 0.05) is 41.4 Å². The molecule has 34 heavy (non-hydrogen) atoms. The van der Waals surface area contributed by atoms with Crippen LogP contribution in [0.15, 0.2) is 53.6 Å². The Morgan fingerprint density at radius 1 is 1.06 bits per heavy atom. The molecule has 1 saturated carbocycles. The van der Waals surface area contributed by atoms with Gasteiger partial charge in [-0.05, 0) is 60.9 Å². The number of amides is 1. The summed E-state index contributed by atoms with van der Waals surface area (Å²) in [5.74, 6) is 0.0494. The van der Waals surface area contributed by atoms with Gasteiger partial charge in [-0.1, -0.05) is 29.8 Å². The van der Waals surface area contributed by atoms with Crippen LogP contribution in [-0.2, 0) is 19.6 Å². The van der Waals surface area contributed by atoms with E-state index in [4.69, 9.17) is 16.3 Å². The zero-order valence-electron chi connectivity index (χ0n) is 18.7. The molecule has 3 aromatic rings. The molecule has 2 saturated heterocycles. The number of nitrogens with one attached hydrogen (secondary N) is 1. The summed E-state index contributed by atoms with van der Waals surface area (Å²) in [5, 5.41) is 1.50. The summed E-state index contributed by atoms with van der Waals surface area (Å²) in [6, 6.07) is 13.3. The molecule has 7 nitrogen and oxygen atoms in total. The Bertz CT molecular complexity index is 1370. The number of morpholine rings is 1. The molecule has 3 fully saturated rings. The predicted molar refractivity (Wildman–Crippen MR) is 130 cm³/mol. The minimum Gasteiger partial charge on any atom is -0.363 e. The maximum Gasteiger partial charge on any atom is 0.248 e. The van der Waals surface area contributed by atoms with E-state index in [0.29, 0.717) is 43.5 Å². The van der Waals surface area contributed by atoms with Crippen LogP contribution in [-0.4, -0.2) is 66.4 Å². The van der Waals surface area contributed by atoms with E-state index in [1.165, 1.54) is 4.31 Å². The van der Waals surface area contributed by atoms with E-state index in [-0.39, 0.29) is 17.4 Å². The van der Waals surface area contributed by atoms with Gasteiger partial charge >= 0.3 is 0 Å². The summed E-state index contributed by atoms with van der Waals surface area (Å²) in [4.78, 5) is 17.5. The number of H-pyrrole nitrogens is 1. The Kier molecular flexibility index (Phi) is 5.26. The third-order valence-electron chi connectivity index (χ3n) is 7.35. The highest BCUT2D eigenvalue weighted by Gasteiger charge is 2.47. The van der Waals surface area contributed by atoms with Gasteiger partial charge in [0.05, 0.1) is 17.0 Å². The van der Waals surface area contributed by atoms with Crippen LogP contribution in [0.4, 0.5) is 0 Å². The van der Waals surface area contributed by atoms with E-state index in [9.17, 15) is 13.2 Å². The van der Waals surface area contributed by atoms with Gasteiger partial charge in [-0.3, -0.25) is 4.79 Å². The summed E-state index contributed by atoms with van der Waals surface area (Å²) in [7, 11) is -3.69. The van der Waals surface area contributed by atoms with Crippen molar-refractivity contribution in [1.29, 1.82) is 0 Å². The van der Waals surface area contributed by atoms with Gasteiger partial charge in [-0.25, -0.2) is 8.42 Å². The molecule has 0 radical (unpaired) electrons. The molecular formula is C25H26ClN3O4S. The molecule has 9 heteroatoms. The van der Waals surface area contributed by atoms with Gasteiger partial charge < -0.3 is 14.6 Å². The topological polar surface area (TPSA) is 82.7 Å². The monoisotopic (exact) mass is 499 g/mol. The average Bonchev–Trinajstić information content (AvgIpc) is 3.57. The highest BCUT2D eigenvalue weighted by atomic mass is 35.5. The number of rotatable bonds is 4. The first-order valence-electron chi connectivity index (χ1n) is 11.7. The van der Waals surface area contributed by atoms with Crippen LogP contribution in [0.5, 0.6) is 0 Å². The number of aromatic amines is 1. The minimum atomic E-state index is -3.69. The summed E-state index contributed by atoms with van der Waals surface area (Å²) in [6.45, 7) is 1.38. The van der Waals surface area contributed by atoms with Gasteiger partial charge in [0.1, 0.15) is 6.61 Å². The molecule has 3 heterocycles. The Morgan fingerprint density at radius 3 is 2.59 bits per heavy atom. The third-order valence-corrected chi connectivity index (χ3v) is 9.55. The Hall–Kier alpha value is -2.39. The van der Waals surface area contributed by atoms with Crippen LogP contribution in [0.2, 0.25) is 5.02 Å². The second kappa shape index (κ2) is 8.09. The first kappa shape index (κ1) is 22.1. The number of hydrogen-bond donors (Lipinski definition) is 1. The van der Waals surface area contributed by atoms with Crippen molar-refractivity contribution in [2.75, 3.05) is 26.2 Å². The quantitative estimate of drug-likeness (QED) is 0.587. The van der Waals surface area contributed by atoms with Gasteiger partial charge in [0.15, 0.2) is 0 Å². The lowest BCUT2D eigenvalue weighted by Gasteiger charge is -2.46. The number of piperidine rings is 1. The Labute approximate surface area is 203 Å². The zero-order valence-corrected chi connectivity index (χ0v) is 20.2. The normalized spacial score (nSPS) is 21.4. The lowest BCUT2D eigenvalue weighted by atomic mass is 9.90. The Morgan fingerprint density at radius 2 is 1.85 bits per heavy atom. The van der Waals surface area contributed by atoms with Crippen LogP contribution < -0.4 is 0 Å². The molecule has 1 N–H and O–H groups in total. The maximum absolute atomic E-state index is 13.4. The van der Waals surface area contributed by atoms with Crippen molar-refractivity contribution in [3.05, 3.63) is 53.7 Å². The van der Waals surface area contributed by atoms with Gasteiger partial charge in [0.25, 0.3) is 0 Å². The van der Waals surface area contributed by atoms with Gasteiger partial charge in [0.2, 0.25) is 15.9 Å². The third kappa shape index (κ3) is 3.82. The fourth-order valence-electron chi connectivity index (χ4n) is 5.15. The van der Waals surface area contributed by atoms with Crippen LogP contribution in [0.1, 0.15) is 25.7 Å². The molecule has 2 aromatic carbocycles.